The van der Waals surface area contributed by atoms with E-state index in [2.05, 4.69) is 0 Å². The Hall–Kier alpha value is -1.57. The fourth-order valence-corrected chi connectivity index (χ4v) is 2.49. The van der Waals surface area contributed by atoms with Crippen molar-refractivity contribution in [1.29, 1.82) is 0 Å². The van der Waals surface area contributed by atoms with Gasteiger partial charge < -0.3 is 4.42 Å². The van der Waals surface area contributed by atoms with E-state index in [1.807, 2.05) is 30.3 Å². The van der Waals surface area contributed by atoms with Gasteiger partial charge in [0.15, 0.2) is 5.76 Å². The maximum Gasteiger partial charge on any atom is 0.201 e. The lowest BCUT2D eigenvalue weighted by Gasteiger charge is -2.03. The Labute approximate surface area is 94.3 Å². The number of hydrogen-bond donors (Lipinski definition) is 0. The molecule has 0 spiro atoms. The molecule has 2 nitrogen and oxygen atoms in total. The lowest BCUT2D eigenvalue weighted by Crippen LogP contribution is -2.09. The van der Waals surface area contributed by atoms with Crippen LogP contribution in [0.2, 0.25) is 0 Å². The van der Waals surface area contributed by atoms with Crippen LogP contribution in [-0.2, 0) is 0 Å². The van der Waals surface area contributed by atoms with Crippen molar-refractivity contribution in [2.75, 3.05) is 0 Å². The molecule has 0 amide bonds. The van der Waals surface area contributed by atoms with Crippen LogP contribution in [0.1, 0.15) is 36.2 Å². The number of furan rings is 1. The number of para-hydroxylation sites is 1. The van der Waals surface area contributed by atoms with Gasteiger partial charge in [-0.05, 0) is 25.0 Å². The summed E-state index contributed by atoms with van der Waals surface area (Å²) in [5.74, 6) is 0.919. The highest BCUT2D eigenvalue weighted by Crippen LogP contribution is 2.30. The van der Waals surface area contributed by atoms with Crippen molar-refractivity contribution in [3.63, 3.8) is 0 Å². The lowest BCUT2D eigenvalue weighted by atomic mass is 10.0. The molecular weight excluding hydrogens is 200 g/mol. The molecule has 2 heteroatoms. The van der Waals surface area contributed by atoms with Gasteiger partial charge in [0.2, 0.25) is 5.78 Å². The van der Waals surface area contributed by atoms with E-state index in [0.717, 1.165) is 23.8 Å². The Bertz CT molecular complexity index is 485. The second-order valence-electron chi connectivity index (χ2n) is 4.49. The molecule has 1 aliphatic rings. The molecule has 82 valence electrons. The quantitative estimate of drug-likeness (QED) is 0.711. The average Bonchev–Trinajstić information content (AvgIpc) is 2.97. The zero-order valence-electron chi connectivity index (χ0n) is 9.11. The van der Waals surface area contributed by atoms with Crippen molar-refractivity contribution < 1.29 is 9.21 Å². The number of fused-ring (bicyclic) bond motifs is 1. The van der Waals surface area contributed by atoms with E-state index >= 15 is 0 Å². The molecule has 0 unspecified atom stereocenters. The Morgan fingerprint density at radius 2 is 1.94 bits per heavy atom. The van der Waals surface area contributed by atoms with Gasteiger partial charge in [0.25, 0.3) is 0 Å². The van der Waals surface area contributed by atoms with Crippen LogP contribution in [0.3, 0.4) is 0 Å². The third-order valence-electron chi connectivity index (χ3n) is 3.39. The Kier molecular flexibility index (Phi) is 2.28. The summed E-state index contributed by atoms with van der Waals surface area (Å²) in [5, 5.41) is 1.02. The van der Waals surface area contributed by atoms with Gasteiger partial charge in [0.05, 0.1) is 0 Å². The molecule has 1 fully saturated rings. The highest BCUT2D eigenvalue weighted by Gasteiger charge is 2.26. The maximum absolute atomic E-state index is 12.1. The summed E-state index contributed by atoms with van der Waals surface area (Å²) < 4.78 is 5.59. The van der Waals surface area contributed by atoms with E-state index in [0.29, 0.717) is 5.76 Å². The molecule has 0 atom stereocenters. The molecule has 0 bridgehead atoms. The van der Waals surface area contributed by atoms with Crippen molar-refractivity contribution in [2.24, 2.45) is 5.92 Å². The molecule has 1 heterocycles. The first-order valence-corrected chi connectivity index (χ1v) is 5.87. The standard InChI is InChI=1S/C14H14O2/c15-14(10-5-1-2-6-10)13-9-11-7-3-4-8-12(11)16-13/h3-4,7-10H,1-2,5-6H2. The number of hydrogen-bond acceptors (Lipinski definition) is 2. The first kappa shape index (κ1) is 9.64. The van der Waals surface area contributed by atoms with E-state index in [-0.39, 0.29) is 11.7 Å². The van der Waals surface area contributed by atoms with Crippen molar-refractivity contribution in [3.05, 3.63) is 36.1 Å². The van der Waals surface area contributed by atoms with Crippen molar-refractivity contribution in [2.45, 2.75) is 25.7 Å². The first-order chi connectivity index (χ1) is 7.84. The summed E-state index contributed by atoms with van der Waals surface area (Å²) in [6.45, 7) is 0. The average molecular weight is 214 g/mol. The Morgan fingerprint density at radius 3 is 2.69 bits per heavy atom. The predicted molar refractivity (Wildman–Crippen MR) is 62.5 cm³/mol. The van der Waals surface area contributed by atoms with E-state index in [1.54, 1.807) is 0 Å². The fraction of sp³-hybridized carbons (Fsp3) is 0.357. The molecule has 1 aromatic carbocycles. The number of rotatable bonds is 2. The van der Waals surface area contributed by atoms with E-state index < -0.39 is 0 Å². The lowest BCUT2D eigenvalue weighted by molar-refractivity contribution is 0.0896. The molecule has 1 saturated carbocycles. The van der Waals surface area contributed by atoms with Gasteiger partial charge in [-0.15, -0.1) is 0 Å². The predicted octanol–water partition coefficient (Wildman–Crippen LogP) is 3.81. The first-order valence-electron chi connectivity index (χ1n) is 5.87. The van der Waals surface area contributed by atoms with Crippen LogP contribution in [0.15, 0.2) is 34.7 Å². The highest BCUT2D eigenvalue weighted by atomic mass is 16.3. The molecule has 0 radical (unpaired) electrons. The van der Waals surface area contributed by atoms with Crippen molar-refractivity contribution in [3.8, 4) is 0 Å². The van der Waals surface area contributed by atoms with Crippen LogP contribution in [0.4, 0.5) is 0 Å². The van der Waals surface area contributed by atoms with Crippen molar-refractivity contribution in [1.82, 2.24) is 0 Å². The van der Waals surface area contributed by atoms with Crippen molar-refractivity contribution >= 4 is 16.8 Å². The summed E-state index contributed by atoms with van der Waals surface area (Å²) >= 11 is 0. The molecule has 1 aliphatic carbocycles. The van der Waals surface area contributed by atoms with E-state index in [9.17, 15) is 4.79 Å². The Balaban J connectivity index is 1.96. The smallest absolute Gasteiger partial charge is 0.201 e. The second kappa shape index (κ2) is 3.78. The Morgan fingerprint density at radius 1 is 1.19 bits per heavy atom. The molecule has 0 saturated heterocycles. The normalized spacial score (nSPS) is 17.0. The molecule has 1 aromatic heterocycles. The molecule has 3 rings (SSSR count). The number of Topliss-reactive ketones (excluding diaryl/α,β-unsaturated/α-hetero) is 1. The number of carbonyl (C=O) groups excluding carboxylic acids is 1. The van der Waals surface area contributed by atoms with Gasteiger partial charge in [-0.1, -0.05) is 31.0 Å². The summed E-state index contributed by atoms with van der Waals surface area (Å²) in [7, 11) is 0. The monoisotopic (exact) mass is 214 g/mol. The van der Waals surface area contributed by atoms with Gasteiger partial charge in [-0.2, -0.15) is 0 Å². The molecular formula is C14H14O2. The summed E-state index contributed by atoms with van der Waals surface area (Å²) in [5.41, 5.74) is 0.809. The molecule has 16 heavy (non-hydrogen) atoms. The summed E-state index contributed by atoms with van der Waals surface area (Å²) in [6, 6.07) is 9.64. The van der Waals surface area contributed by atoms with E-state index in [4.69, 9.17) is 4.42 Å². The van der Waals surface area contributed by atoms with Crippen LogP contribution in [0.25, 0.3) is 11.0 Å². The zero-order valence-corrected chi connectivity index (χ0v) is 9.11. The van der Waals surface area contributed by atoms with Crippen LogP contribution >= 0.6 is 0 Å². The number of carbonyl (C=O) groups is 1. The van der Waals surface area contributed by atoms with E-state index in [1.165, 1.54) is 12.8 Å². The van der Waals surface area contributed by atoms with Crippen LogP contribution in [-0.4, -0.2) is 5.78 Å². The highest BCUT2D eigenvalue weighted by molar-refractivity contribution is 5.99. The maximum atomic E-state index is 12.1. The van der Waals surface area contributed by atoms with Gasteiger partial charge in [-0.25, -0.2) is 0 Å². The topological polar surface area (TPSA) is 30.2 Å². The minimum atomic E-state index is 0.189. The molecule has 0 N–H and O–H groups in total. The third kappa shape index (κ3) is 1.54. The van der Waals surface area contributed by atoms with Gasteiger partial charge in [-0.3, -0.25) is 4.79 Å². The fourth-order valence-electron chi connectivity index (χ4n) is 2.49. The summed E-state index contributed by atoms with van der Waals surface area (Å²) in [4.78, 5) is 12.1. The zero-order chi connectivity index (χ0) is 11.0. The van der Waals surface area contributed by atoms with Crippen LogP contribution in [0, 0.1) is 5.92 Å². The van der Waals surface area contributed by atoms with Gasteiger partial charge in [0.1, 0.15) is 5.58 Å². The number of benzene rings is 1. The molecule has 2 aromatic rings. The summed E-state index contributed by atoms with van der Waals surface area (Å²) in [6.07, 6.45) is 4.40. The molecule has 0 aliphatic heterocycles. The largest absolute Gasteiger partial charge is 0.453 e. The number of ketones is 1. The minimum absolute atomic E-state index is 0.189. The van der Waals surface area contributed by atoms with Crippen LogP contribution < -0.4 is 0 Å². The van der Waals surface area contributed by atoms with Gasteiger partial charge >= 0.3 is 0 Å². The SMILES string of the molecule is O=C(c1cc2ccccc2o1)C1CCCC1. The minimum Gasteiger partial charge on any atom is -0.453 e. The third-order valence-corrected chi connectivity index (χ3v) is 3.39. The second-order valence-corrected chi connectivity index (χ2v) is 4.49. The van der Waals surface area contributed by atoms with Crippen LogP contribution in [0.5, 0.6) is 0 Å². The van der Waals surface area contributed by atoms with Gasteiger partial charge in [0, 0.05) is 11.3 Å².